The summed E-state index contributed by atoms with van der Waals surface area (Å²) in [6.45, 7) is 7.23. The first kappa shape index (κ1) is 18.3. The highest BCUT2D eigenvalue weighted by molar-refractivity contribution is 5.88. The van der Waals surface area contributed by atoms with Gasteiger partial charge in [0.2, 0.25) is 0 Å². The van der Waals surface area contributed by atoms with Gasteiger partial charge in [0.05, 0.1) is 28.9 Å². The summed E-state index contributed by atoms with van der Waals surface area (Å²) in [6.07, 6.45) is 1.38. The van der Waals surface area contributed by atoms with E-state index in [2.05, 4.69) is 4.98 Å². The second-order valence-corrected chi connectivity index (χ2v) is 6.62. The Morgan fingerprint density at radius 2 is 2.04 bits per heavy atom. The molecule has 2 aromatic heterocycles. The summed E-state index contributed by atoms with van der Waals surface area (Å²) in [7, 11) is 0. The Morgan fingerprint density at radius 3 is 2.67 bits per heavy atom. The first-order valence-corrected chi connectivity index (χ1v) is 8.46. The van der Waals surface area contributed by atoms with Crippen LogP contribution < -0.4 is 16.0 Å². The molecule has 0 spiro atoms. The van der Waals surface area contributed by atoms with Crippen molar-refractivity contribution in [1.29, 1.82) is 5.26 Å². The summed E-state index contributed by atoms with van der Waals surface area (Å²) in [5, 5.41) is 19.9. The van der Waals surface area contributed by atoms with Crippen LogP contribution in [0.25, 0.3) is 16.6 Å². The van der Waals surface area contributed by atoms with Crippen LogP contribution >= 0.6 is 0 Å². The van der Waals surface area contributed by atoms with E-state index in [1.165, 1.54) is 10.8 Å². The molecule has 1 aromatic carbocycles. The Balaban J connectivity index is 2.46. The maximum Gasteiger partial charge on any atom is 0.266 e. The fourth-order valence-corrected chi connectivity index (χ4v) is 3.11. The van der Waals surface area contributed by atoms with Crippen molar-refractivity contribution in [3.63, 3.8) is 0 Å². The average Bonchev–Trinajstić information content (AvgIpc) is 2.61. The molecule has 7 heteroatoms. The predicted octanol–water partition coefficient (Wildman–Crippen LogP) is 2.95. The van der Waals surface area contributed by atoms with E-state index in [1.807, 2.05) is 19.9 Å². The van der Waals surface area contributed by atoms with Crippen LogP contribution in [0.1, 0.15) is 30.5 Å². The summed E-state index contributed by atoms with van der Waals surface area (Å²) < 4.78 is 6.88. The number of aryl methyl sites for hydroxylation is 1. The van der Waals surface area contributed by atoms with Crippen LogP contribution in [-0.2, 0) is 0 Å². The van der Waals surface area contributed by atoms with E-state index in [0.29, 0.717) is 17.0 Å². The monoisotopic (exact) mass is 364 g/mol. The Morgan fingerprint density at radius 1 is 1.33 bits per heavy atom. The number of hydrogen-bond donors (Lipinski definition) is 2. The molecule has 0 unspecified atom stereocenters. The van der Waals surface area contributed by atoms with Crippen molar-refractivity contribution < 1.29 is 9.84 Å². The molecule has 0 aliphatic carbocycles. The van der Waals surface area contributed by atoms with Crippen molar-refractivity contribution >= 4 is 16.7 Å². The number of phenolic OH excluding ortho intramolecular Hbond substituents is 1. The topological polar surface area (TPSA) is 114 Å². The zero-order valence-electron chi connectivity index (χ0n) is 15.6. The quantitative estimate of drug-likeness (QED) is 0.738. The van der Waals surface area contributed by atoms with Gasteiger partial charge in [-0.2, -0.15) is 5.26 Å². The molecule has 0 radical (unpaired) electrons. The van der Waals surface area contributed by atoms with Gasteiger partial charge in [0.15, 0.2) is 0 Å². The van der Waals surface area contributed by atoms with Gasteiger partial charge in [-0.15, -0.1) is 0 Å². The van der Waals surface area contributed by atoms with E-state index in [1.54, 1.807) is 32.0 Å². The Hall–Kier alpha value is -3.53. The lowest BCUT2D eigenvalue weighted by molar-refractivity contribution is 0.242. The third-order valence-electron chi connectivity index (χ3n) is 4.34. The van der Waals surface area contributed by atoms with Crippen LogP contribution in [0.15, 0.2) is 29.2 Å². The maximum atomic E-state index is 13.3. The molecule has 3 N–H and O–H groups in total. The maximum absolute atomic E-state index is 13.3. The van der Waals surface area contributed by atoms with Crippen LogP contribution in [0.3, 0.4) is 0 Å². The fourth-order valence-electron chi connectivity index (χ4n) is 3.11. The van der Waals surface area contributed by atoms with Crippen molar-refractivity contribution in [3.05, 3.63) is 51.4 Å². The predicted molar refractivity (Wildman–Crippen MR) is 103 cm³/mol. The molecule has 138 valence electrons. The van der Waals surface area contributed by atoms with E-state index in [9.17, 15) is 15.2 Å². The molecular formula is C20H20N4O3. The highest BCUT2D eigenvalue weighted by Gasteiger charge is 2.21. The molecule has 0 saturated heterocycles. The lowest BCUT2D eigenvalue weighted by Gasteiger charge is -2.18. The minimum atomic E-state index is -0.431. The molecule has 0 aliphatic rings. The van der Waals surface area contributed by atoms with E-state index in [-0.39, 0.29) is 34.1 Å². The number of fused-ring (bicyclic) bond motifs is 1. The number of nitrogen functional groups attached to an aromatic ring is 1. The molecule has 0 aliphatic heterocycles. The van der Waals surface area contributed by atoms with E-state index >= 15 is 0 Å². The minimum absolute atomic E-state index is 0.0168. The Kier molecular flexibility index (Phi) is 4.50. The standard InChI is InChI=1S/C20H20N4O3/c1-10(2)27-13-7-14-17(23-9-13)15(8-21)19(22)24(20(14)26)18-11(3)5-6-16(25)12(18)4/h5-7,9-10,25H,22H2,1-4H3. The first-order valence-electron chi connectivity index (χ1n) is 8.46. The summed E-state index contributed by atoms with van der Waals surface area (Å²) in [6, 6.07) is 6.85. The third kappa shape index (κ3) is 2.95. The van der Waals surface area contributed by atoms with Crippen molar-refractivity contribution in [1.82, 2.24) is 9.55 Å². The second kappa shape index (κ2) is 6.65. The van der Waals surface area contributed by atoms with E-state index in [0.717, 1.165) is 5.56 Å². The number of hydrogen-bond acceptors (Lipinski definition) is 6. The molecule has 0 amide bonds. The number of nitrogens with zero attached hydrogens (tertiary/aromatic N) is 3. The summed E-state index contributed by atoms with van der Waals surface area (Å²) in [5.41, 5.74) is 7.77. The number of nitrogens with two attached hydrogens (primary N) is 1. The van der Waals surface area contributed by atoms with Gasteiger partial charge in [-0.1, -0.05) is 6.07 Å². The van der Waals surface area contributed by atoms with Crippen molar-refractivity contribution in [2.24, 2.45) is 0 Å². The summed E-state index contributed by atoms with van der Waals surface area (Å²) in [5.74, 6) is 0.450. The van der Waals surface area contributed by atoms with Gasteiger partial charge in [-0.25, -0.2) is 0 Å². The van der Waals surface area contributed by atoms with Gasteiger partial charge in [0, 0.05) is 5.56 Å². The molecule has 7 nitrogen and oxygen atoms in total. The SMILES string of the molecule is Cc1ccc(O)c(C)c1-n1c(N)c(C#N)c2ncc(OC(C)C)cc2c1=O. The van der Waals surface area contributed by atoms with Crippen molar-refractivity contribution in [3.8, 4) is 23.3 Å². The van der Waals surface area contributed by atoms with E-state index < -0.39 is 5.56 Å². The number of phenols is 1. The van der Waals surface area contributed by atoms with Crippen molar-refractivity contribution in [2.45, 2.75) is 33.8 Å². The number of benzene rings is 1. The number of aromatic hydroxyl groups is 1. The fraction of sp³-hybridized carbons (Fsp3) is 0.250. The Labute approximate surface area is 156 Å². The first-order chi connectivity index (χ1) is 12.8. The van der Waals surface area contributed by atoms with Crippen LogP contribution in [0.5, 0.6) is 11.5 Å². The van der Waals surface area contributed by atoms with Crippen molar-refractivity contribution in [2.75, 3.05) is 5.73 Å². The summed E-state index contributed by atoms with van der Waals surface area (Å²) in [4.78, 5) is 17.5. The lowest BCUT2D eigenvalue weighted by atomic mass is 10.1. The van der Waals surface area contributed by atoms with Crippen LogP contribution in [0, 0.1) is 25.2 Å². The number of pyridine rings is 2. The second-order valence-electron chi connectivity index (χ2n) is 6.62. The normalized spacial score (nSPS) is 11.0. The minimum Gasteiger partial charge on any atom is -0.508 e. The van der Waals surface area contributed by atoms with Crippen LogP contribution in [0.4, 0.5) is 5.82 Å². The number of rotatable bonds is 3. The number of anilines is 1. The number of nitriles is 1. The average molecular weight is 364 g/mol. The largest absolute Gasteiger partial charge is 0.508 e. The van der Waals surface area contributed by atoms with Crippen LogP contribution in [0.2, 0.25) is 0 Å². The molecule has 0 bridgehead atoms. The zero-order chi connectivity index (χ0) is 19.9. The van der Waals surface area contributed by atoms with E-state index in [4.69, 9.17) is 10.5 Å². The van der Waals surface area contributed by atoms with Gasteiger partial charge < -0.3 is 15.6 Å². The molecular weight excluding hydrogens is 344 g/mol. The number of aromatic nitrogens is 2. The smallest absolute Gasteiger partial charge is 0.266 e. The van der Waals surface area contributed by atoms with Crippen LogP contribution in [-0.4, -0.2) is 20.8 Å². The zero-order valence-corrected chi connectivity index (χ0v) is 15.6. The molecule has 3 aromatic rings. The molecule has 0 saturated carbocycles. The molecule has 27 heavy (non-hydrogen) atoms. The molecule has 0 fully saturated rings. The third-order valence-corrected chi connectivity index (χ3v) is 4.34. The Bertz CT molecular complexity index is 1160. The summed E-state index contributed by atoms with van der Waals surface area (Å²) >= 11 is 0. The lowest BCUT2D eigenvalue weighted by Crippen LogP contribution is -2.25. The van der Waals surface area contributed by atoms with Gasteiger partial charge in [-0.3, -0.25) is 14.3 Å². The number of ether oxygens (including phenoxy) is 1. The highest BCUT2D eigenvalue weighted by atomic mass is 16.5. The van der Waals surface area contributed by atoms with Gasteiger partial charge >= 0.3 is 0 Å². The highest BCUT2D eigenvalue weighted by Crippen LogP contribution is 2.30. The molecule has 3 rings (SSSR count). The van der Waals surface area contributed by atoms with Gasteiger partial charge in [0.25, 0.3) is 5.56 Å². The molecule has 0 atom stereocenters. The van der Waals surface area contributed by atoms with Gasteiger partial charge in [-0.05, 0) is 45.4 Å². The molecule has 2 heterocycles. The van der Waals surface area contributed by atoms with Gasteiger partial charge in [0.1, 0.15) is 28.9 Å².